The molecule has 4 rings (SSSR count). The molecule has 0 amide bonds. The lowest BCUT2D eigenvalue weighted by atomic mass is 9.69. The summed E-state index contributed by atoms with van der Waals surface area (Å²) in [6, 6.07) is 24.7. The highest BCUT2D eigenvalue weighted by atomic mass is 15.3. The molecule has 2 fully saturated rings. The van der Waals surface area contributed by atoms with E-state index in [9.17, 15) is 5.26 Å². The number of rotatable bonds is 3. The number of nitrogens with zero attached hydrogens (tertiary/aromatic N) is 4. The smallest absolute Gasteiger partial charge is 0.0850 e. The Balaban J connectivity index is 1.67. The lowest BCUT2D eigenvalue weighted by molar-refractivity contribution is -0.00294. The van der Waals surface area contributed by atoms with Crippen LogP contribution in [0.1, 0.15) is 39.2 Å². The fourth-order valence-electron chi connectivity index (χ4n) is 5.61. The summed E-state index contributed by atoms with van der Waals surface area (Å²) in [4.78, 5) is 7.73. The first-order chi connectivity index (χ1) is 14.8. The molecule has 0 radical (unpaired) electrons. The Kier molecular flexibility index (Phi) is 6.10. The van der Waals surface area contributed by atoms with Crippen LogP contribution in [-0.4, -0.2) is 60.6 Å². The Morgan fingerprint density at radius 2 is 1.55 bits per heavy atom. The standard InChI is InChI=1S/C27H36N4/c1-26(2,3)31-18-17-30(23-13-9-6-10-14-23)20-25(31)24-19-27(21-28,15-16-29(24)4)22-11-7-5-8-12-22/h5-14,24-25H,15-20H2,1-4H3. The van der Waals surface area contributed by atoms with E-state index in [2.05, 4.69) is 103 Å². The van der Waals surface area contributed by atoms with Gasteiger partial charge in [-0.25, -0.2) is 0 Å². The first kappa shape index (κ1) is 21.9. The maximum absolute atomic E-state index is 10.4. The van der Waals surface area contributed by atoms with Crippen molar-refractivity contribution < 1.29 is 0 Å². The maximum atomic E-state index is 10.4. The zero-order valence-corrected chi connectivity index (χ0v) is 19.5. The number of nitriles is 1. The van der Waals surface area contributed by atoms with Crippen molar-refractivity contribution in [2.45, 2.75) is 56.7 Å². The molecular weight excluding hydrogens is 380 g/mol. The average Bonchev–Trinajstić information content (AvgIpc) is 2.80. The number of hydrogen-bond donors (Lipinski definition) is 0. The van der Waals surface area contributed by atoms with E-state index in [0.29, 0.717) is 12.1 Å². The van der Waals surface area contributed by atoms with Crippen LogP contribution in [-0.2, 0) is 5.41 Å². The molecule has 2 aliphatic rings. The minimum Gasteiger partial charge on any atom is -0.369 e. The van der Waals surface area contributed by atoms with Crippen molar-refractivity contribution in [1.29, 1.82) is 5.26 Å². The molecule has 2 aliphatic heterocycles. The lowest BCUT2D eigenvalue weighted by Gasteiger charge is -2.55. The first-order valence-electron chi connectivity index (χ1n) is 11.6. The van der Waals surface area contributed by atoms with Gasteiger partial charge in [-0.2, -0.15) is 5.26 Å². The van der Waals surface area contributed by atoms with Gasteiger partial charge in [-0.15, -0.1) is 0 Å². The Hall–Kier alpha value is -2.35. The topological polar surface area (TPSA) is 33.5 Å². The molecule has 164 valence electrons. The lowest BCUT2D eigenvalue weighted by Crippen LogP contribution is -2.67. The van der Waals surface area contributed by atoms with Crippen molar-refractivity contribution in [3.8, 4) is 6.07 Å². The fourth-order valence-corrected chi connectivity index (χ4v) is 5.61. The summed E-state index contributed by atoms with van der Waals surface area (Å²) in [5, 5.41) is 10.4. The molecule has 0 saturated carbocycles. The molecule has 0 spiro atoms. The van der Waals surface area contributed by atoms with Crippen molar-refractivity contribution in [3.63, 3.8) is 0 Å². The molecule has 4 heteroatoms. The van der Waals surface area contributed by atoms with Gasteiger partial charge >= 0.3 is 0 Å². The van der Waals surface area contributed by atoms with Crippen LogP contribution in [0.5, 0.6) is 0 Å². The molecule has 3 unspecified atom stereocenters. The largest absolute Gasteiger partial charge is 0.369 e. The van der Waals surface area contributed by atoms with Crippen LogP contribution in [0.25, 0.3) is 0 Å². The molecule has 2 aromatic carbocycles. The Bertz CT molecular complexity index is 898. The molecule has 2 aromatic rings. The SMILES string of the molecule is CN1CCC(C#N)(c2ccccc2)CC1C1CN(c2ccccc2)CCN1C(C)(C)C. The molecule has 0 aliphatic carbocycles. The third-order valence-electron chi connectivity index (χ3n) is 7.40. The maximum Gasteiger partial charge on any atom is 0.0850 e. The van der Waals surface area contributed by atoms with E-state index < -0.39 is 5.41 Å². The summed E-state index contributed by atoms with van der Waals surface area (Å²) in [7, 11) is 2.25. The average molecular weight is 417 g/mol. The van der Waals surface area contributed by atoms with E-state index in [-0.39, 0.29) is 5.54 Å². The van der Waals surface area contributed by atoms with Gasteiger partial charge in [0.15, 0.2) is 0 Å². The van der Waals surface area contributed by atoms with Crippen LogP contribution in [0.3, 0.4) is 0 Å². The van der Waals surface area contributed by atoms with Gasteiger partial charge in [-0.3, -0.25) is 4.90 Å². The van der Waals surface area contributed by atoms with Crippen molar-refractivity contribution in [1.82, 2.24) is 9.80 Å². The molecule has 2 heterocycles. The molecule has 3 atom stereocenters. The molecule has 0 bridgehead atoms. The number of likely N-dealkylation sites (N-methyl/N-ethyl adjacent to an activating group) is 1. The van der Waals surface area contributed by atoms with Gasteiger partial charge in [0.05, 0.1) is 11.5 Å². The zero-order chi connectivity index (χ0) is 22.1. The fraction of sp³-hybridized carbons (Fsp3) is 0.519. The number of benzene rings is 2. The second-order valence-corrected chi connectivity index (χ2v) is 10.3. The zero-order valence-electron chi connectivity index (χ0n) is 19.5. The highest BCUT2D eigenvalue weighted by molar-refractivity contribution is 5.47. The van der Waals surface area contributed by atoms with Gasteiger partial charge in [0.1, 0.15) is 0 Å². The summed E-state index contributed by atoms with van der Waals surface area (Å²) in [6.45, 7) is 11.0. The number of piperazine rings is 1. The summed E-state index contributed by atoms with van der Waals surface area (Å²) < 4.78 is 0. The number of hydrogen-bond acceptors (Lipinski definition) is 4. The molecule has 2 saturated heterocycles. The normalized spacial score (nSPS) is 28.3. The minimum absolute atomic E-state index is 0.0911. The van der Waals surface area contributed by atoms with Gasteiger partial charge in [-0.1, -0.05) is 48.5 Å². The Labute approximate surface area is 188 Å². The summed E-state index contributed by atoms with van der Waals surface area (Å²) in [6.07, 6.45) is 1.77. The molecule has 31 heavy (non-hydrogen) atoms. The third-order valence-corrected chi connectivity index (χ3v) is 7.40. The van der Waals surface area contributed by atoms with E-state index in [0.717, 1.165) is 39.0 Å². The second kappa shape index (κ2) is 8.65. The highest BCUT2D eigenvalue weighted by Gasteiger charge is 2.47. The van der Waals surface area contributed by atoms with Crippen molar-refractivity contribution >= 4 is 5.69 Å². The quantitative estimate of drug-likeness (QED) is 0.736. The van der Waals surface area contributed by atoms with Crippen molar-refractivity contribution in [2.75, 3.05) is 38.1 Å². The molecule has 4 nitrogen and oxygen atoms in total. The van der Waals surface area contributed by atoms with Gasteiger partial charge in [0.2, 0.25) is 0 Å². The second-order valence-electron chi connectivity index (χ2n) is 10.3. The Morgan fingerprint density at radius 1 is 0.903 bits per heavy atom. The third kappa shape index (κ3) is 4.35. The summed E-state index contributed by atoms with van der Waals surface area (Å²) in [5.74, 6) is 0. The number of piperidine rings is 1. The van der Waals surface area contributed by atoms with E-state index in [1.807, 2.05) is 6.07 Å². The number of likely N-dealkylation sites (tertiary alicyclic amines) is 1. The predicted octanol–water partition coefficient (Wildman–Crippen LogP) is 4.53. The molecule has 0 N–H and O–H groups in total. The van der Waals surface area contributed by atoms with Crippen LogP contribution in [0.15, 0.2) is 60.7 Å². The van der Waals surface area contributed by atoms with E-state index in [1.165, 1.54) is 11.3 Å². The van der Waals surface area contributed by atoms with Gasteiger partial charge < -0.3 is 9.80 Å². The van der Waals surface area contributed by atoms with Gasteiger partial charge in [0, 0.05) is 49.5 Å². The van der Waals surface area contributed by atoms with Crippen molar-refractivity contribution in [3.05, 3.63) is 66.2 Å². The summed E-state index contributed by atoms with van der Waals surface area (Å²) >= 11 is 0. The highest BCUT2D eigenvalue weighted by Crippen LogP contribution is 2.40. The van der Waals surface area contributed by atoms with Gasteiger partial charge in [0.25, 0.3) is 0 Å². The van der Waals surface area contributed by atoms with E-state index in [4.69, 9.17) is 0 Å². The number of anilines is 1. The van der Waals surface area contributed by atoms with Crippen molar-refractivity contribution in [2.24, 2.45) is 0 Å². The Morgan fingerprint density at radius 3 is 2.16 bits per heavy atom. The first-order valence-corrected chi connectivity index (χ1v) is 11.6. The van der Waals surface area contributed by atoms with E-state index >= 15 is 0 Å². The van der Waals surface area contributed by atoms with Crippen LogP contribution in [0.4, 0.5) is 5.69 Å². The van der Waals surface area contributed by atoms with E-state index in [1.54, 1.807) is 0 Å². The molecular formula is C27H36N4. The summed E-state index contributed by atoms with van der Waals surface area (Å²) in [5.41, 5.74) is 2.16. The molecule has 0 aromatic heterocycles. The number of para-hydroxylation sites is 1. The van der Waals surface area contributed by atoms with Crippen LogP contribution >= 0.6 is 0 Å². The van der Waals surface area contributed by atoms with Crippen LogP contribution in [0, 0.1) is 11.3 Å². The van der Waals surface area contributed by atoms with Crippen LogP contribution in [0.2, 0.25) is 0 Å². The van der Waals surface area contributed by atoms with Crippen LogP contribution < -0.4 is 4.90 Å². The van der Waals surface area contributed by atoms with Gasteiger partial charge in [-0.05, 0) is 58.4 Å². The minimum atomic E-state index is -0.406. The predicted molar refractivity (Wildman–Crippen MR) is 128 cm³/mol. The monoisotopic (exact) mass is 416 g/mol.